The Morgan fingerprint density at radius 2 is 2.11 bits per heavy atom. The van der Waals surface area contributed by atoms with Crippen LogP contribution in [0, 0.1) is 0 Å². The van der Waals surface area contributed by atoms with Gasteiger partial charge in [0, 0.05) is 18.2 Å². The van der Waals surface area contributed by atoms with Crippen LogP contribution in [0.5, 0.6) is 0 Å². The molecule has 1 aliphatic carbocycles. The third-order valence-corrected chi connectivity index (χ3v) is 4.37. The molecule has 2 aliphatic rings. The number of aromatic nitrogens is 2. The topological polar surface area (TPSA) is 35.0 Å². The second-order valence-corrected chi connectivity index (χ2v) is 5.47. The molecule has 4 rings (SSSR count). The van der Waals surface area contributed by atoms with E-state index in [1.807, 2.05) is 6.20 Å². The minimum Gasteiger partial charge on any atom is -0.365 e. The van der Waals surface area contributed by atoms with E-state index in [4.69, 9.17) is 4.74 Å². The predicted molar refractivity (Wildman–Crippen MR) is 71.6 cm³/mol. The fourth-order valence-corrected chi connectivity index (χ4v) is 3.42. The molecule has 0 bridgehead atoms. The van der Waals surface area contributed by atoms with E-state index in [0.717, 1.165) is 30.5 Å². The largest absolute Gasteiger partial charge is 0.365 e. The number of rotatable bonds is 0. The van der Waals surface area contributed by atoms with Crippen LogP contribution in [-0.2, 0) is 29.8 Å². The summed E-state index contributed by atoms with van der Waals surface area (Å²) >= 11 is 0. The lowest BCUT2D eigenvalue weighted by Gasteiger charge is -2.41. The lowest BCUT2D eigenvalue weighted by molar-refractivity contribution is -0.0856. The van der Waals surface area contributed by atoms with Gasteiger partial charge in [0.1, 0.15) is 6.33 Å². The molecule has 96 valence electrons. The summed E-state index contributed by atoms with van der Waals surface area (Å²) in [5.41, 5.74) is 4.93. The Balaban J connectivity index is 1.81. The van der Waals surface area contributed by atoms with Crippen molar-refractivity contribution in [3.8, 4) is 0 Å². The fraction of sp³-hybridized carbons (Fsp3) is 0.375. The lowest BCUT2D eigenvalue weighted by Crippen LogP contribution is -2.39. The van der Waals surface area contributed by atoms with Gasteiger partial charge in [0.15, 0.2) is 0 Å². The van der Waals surface area contributed by atoms with E-state index in [9.17, 15) is 0 Å². The molecule has 3 nitrogen and oxygen atoms in total. The van der Waals surface area contributed by atoms with Crippen LogP contribution in [-0.4, -0.2) is 9.97 Å². The van der Waals surface area contributed by atoms with Crippen molar-refractivity contribution in [1.29, 1.82) is 0 Å². The van der Waals surface area contributed by atoms with Gasteiger partial charge in [0.2, 0.25) is 0 Å². The highest BCUT2D eigenvalue weighted by Crippen LogP contribution is 2.43. The molecule has 3 heteroatoms. The molecule has 1 unspecified atom stereocenters. The van der Waals surface area contributed by atoms with E-state index in [2.05, 4.69) is 34.2 Å². The van der Waals surface area contributed by atoms with E-state index in [-0.39, 0.29) is 5.60 Å². The van der Waals surface area contributed by atoms with Crippen LogP contribution in [0.4, 0.5) is 0 Å². The van der Waals surface area contributed by atoms with Gasteiger partial charge in [-0.2, -0.15) is 0 Å². The van der Waals surface area contributed by atoms with E-state index in [1.54, 1.807) is 6.33 Å². The molecule has 0 saturated carbocycles. The molecule has 0 amide bonds. The predicted octanol–water partition coefficient (Wildman–Crippen LogP) is 2.78. The smallest absolute Gasteiger partial charge is 0.115 e. The Kier molecular flexibility index (Phi) is 2.42. The molecule has 2 aromatic rings. The summed E-state index contributed by atoms with van der Waals surface area (Å²) in [4.78, 5) is 8.54. The summed E-state index contributed by atoms with van der Waals surface area (Å²) < 4.78 is 6.28. The highest BCUT2D eigenvalue weighted by Gasteiger charge is 2.41. The molecule has 1 spiro atoms. The van der Waals surface area contributed by atoms with Gasteiger partial charge in [-0.1, -0.05) is 24.3 Å². The van der Waals surface area contributed by atoms with E-state index >= 15 is 0 Å². The molecular weight excluding hydrogens is 236 g/mol. The number of hydrogen-bond donors (Lipinski definition) is 0. The zero-order chi connectivity index (χ0) is 12.7. The standard InChI is InChI=1S/C16H16N2O/c1-2-6-14-12(4-1)5-3-7-16(14)8-15-13(10-19-16)9-17-11-18-15/h1-2,4,6,9,11H,3,5,7-8,10H2. The molecule has 19 heavy (non-hydrogen) atoms. The first-order valence-electron chi connectivity index (χ1n) is 6.87. The van der Waals surface area contributed by atoms with Gasteiger partial charge in [0.25, 0.3) is 0 Å². The number of aryl methyl sites for hydroxylation is 1. The minimum atomic E-state index is -0.157. The van der Waals surface area contributed by atoms with Crippen LogP contribution in [0.2, 0.25) is 0 Å². The van der Waals surface area contributed by atoms with Crippen molar-refractivity contribution in [1.82, 2.24) is 9.97 Å². The minimum absolute atomic E-state index is 0.157. The Morgan fingerprint density at radius 1 is 1.16 bits per heavy atom. The van der Waals surface area contributed by atoms with E-state index in [0.29, 0.717) is 6.61 Å². The quantitative estimate of drug-likeness (QED) is 0.723. The third kappa shape index (κ3) is 1.69. The summed E-state index contributed by atoms with van der Waals surface area (Å²) in [6, 6.07) is 8.69. The summed E-state index contributed by atoms with van der Waals surface area (Å²) in [5.74, 6) is 0. The second kappa shape index (κ2) is 4.14. The van der Waals surface area contributed by atoms with Crippen LogP contribution in [0.1, 0.15) is 35.2 Å². The normalized spacial score (nSPS) is 24.8. The number of ether oxygens (including phenoxy) is 1. The monoisotopic (exact) mass is 252 g/mol. The van der Waals surface area contributed by atoms with Crippen molar-refractivity contribution in [3.05, 3.63) is 59.2 Å². The van der Waals surface area contributed by atoms with Crippen LogP contribution < -0.4 is 0 Å². The molecular formula is C16H16N2O. The van der Waals surface area contributed by atoms with Gasteiger partial charge in [-0.05, 0) is 30.4 Å². The Hall–Kier alpha value is -1.74. The molecule has 0 fully saturated rings. The maximum Gasteiger partial charge on any atom is 0.115 e. The number of benzene rings is 1. The Labute approximate surface area is 112 Å². The molecule has 0 saturated heterocycles. The highest BCUT2D eigenvalue weighted by molar-refractivity contribution is 5.37. The Morgan fingerprint density at radius 3 is 3.11 bits per heavy atom. The van der Waals surface area contributed by atoms with Crippen molar-refractivity contribution >= 4 is 0 Å². The first-order valence-corrected chi connectivity index (χ1v) is 6.87. The summed E-state index contributed by atoms with van der Waals surface area (Å²) in [5, 5.41) is 0. The number of fused-ring (bicyclic) bond motifs is 3. The van der Waals surface area contributed by atoms with Crippen molar-refractivity contribution in [3.63, 3.8) is 0 Å². The zero-order valence-electron chi connectivity index (χ0n) is 10.8. The number of hydrogen-bond acceptors (Lipinski definition) is 3. The third-order valence-electron chi connectivity index (χ3n) is 4.37. The van der Waals surface area contributed by atoms with Crippen LogP contribution in [0.3, 0.4) is 0 Å². The van der Waals surface area contributed by atoms with E-state index < -0.39 is 0 Å². The average molecular weight is 252 g/mol. The van der Waals surface area contributed by atoms with E-state index in [1.165, 1.54) is 17.5 Å². The van der Waals surface area contributed by atoms with Crippen LogP contribution >= 0.6 is 0 Å². The number of nitrogens with zero attached hydrogens (tertiary/aromatic N) is 2. The highest BCUT2D eigenvalue weighted by atomic mass is 16.5. The van der Waals surface area contributed by atoms with Crippen molar-refractivity contribution in [2.24, 2.45) is 0 Å². The summed E-state index contributed by atoms with van der Waals surface area (Å²) in [7, 11) is 0. The van der Waals surface area contributed by atoms with Gasteiger partial charge in [-0.15, -0.1) is 0 Å². The van der Waals surface area contributed by atoms with Crippen LogP contribution in [0.25, 0.3) is 0 Å². The Bertz CT molecular complexity index is 626. The van der Waals surface area contributed by atoms with Crippen LogP contribution in [0.15, 0.2) is 36.8 Å². The van der Waals surface area contributed by atoms with Crippen molar-refractivity contribution in [2.45, 2.75) is 37.9 Å². The molecule has 2 heterocycles. The van der Waals surface area contributed by atoms with Gasteiger partial charge < -0.3 is 4.74 Å². The first kappa shape index (κ1) is 11.1. The molecule has 1 aliphatic heterocycles. The second-order valence-electron chi connectivity index (χ2n) is 5.47. The van der Waals surface area contributed by atoms with Gasteiger partial charge in [0.05, 0.1) is 17.9 Å². The van der Waals surface area contributed by atoms with Gasteiger partial charge in [-0.25, -0.2) is 9.97 Å². The fourth-order valence-electron chi connectivity index (χ4n) is 3.42. The zero-order valence-corrected chi connectivity index (χ0v) is 10.8. The molecule has 1 aromatic heterocycles. The molecule has 0 radical (unpaired) electrons. The molecule has 0 N–H and O–H groups in total. The van der Waals surface area contributed by atoms with Crippen molar-refractivity contribution in [2.75, 3.05) is 0 Å². The molecule has 1 atom stereocenters. The SMILES string of the molecule is c1ccc2c(c1)CCCC21Cc2ncncc2CO1. The average Bonchev–Trinajstić information content (AvgIpc) is 2.48. The van der Waals surface area contributed by atoms with Crippen molar-refractivity contribution < 1.29 is 4.74 Å². The molecule has 1 aromatic carbocycles. The first-order chi connectivity index (χ1) is 9.37. The van der Waals surface area contributed by atoms with Gasteiger partial charge in [-0.3, -0.25) is 0 Å². The maximum absolute atomic E-state index is 6.28. The summed E-state index contributed by atoms with van der Waals surface area (Å²) in [6.45, 7) is 0.629. The summed E-state index contributed by atoms with van der Waals surface area (Å²) in [6.07, 6.45) is 7.85. The maximum atomic E-state index is 6.28. The lowest BCUT2D eigenvalue weighted by atomic mass is 9.75. The van der Waals surface area contributed by atoms with Gasteiger partial charge >= 0.3 is 0 Å².